The summed E-state index contributed by atoms with van der Waals surface area (Å²) >= 11 is 0. The largest absolute Gasteiger partial charge is 0.399 e. The molecule has 0 aliphatic carbocycles. The highest BCUT2D eigenvalue weighted by Gasteiger charge is 2.09. The van der Waals surface area contributed by atoms with Gasteiger partial charge in [-0.05, 0) is 61.0 Å². The van der Waals surface area contributed by atoms with Crippen LogP contribution < -0.4 is 16.4 Å². The smallest absolute Gasteiger partial charge is 0.255 e. The Hall–Kier alpha value is -4.13. The number of nitrogens with zero attached hydrogens (tertiary/aromatic N) is 2. The van der Waals surface area contributed by atoms with Crippen molar-refractivity contribution in [1.82, 2.24) is 15.0 Å². The zero-order chi connectivity index (χ0) is 20.2. The molecule has 0 saturated carbocycles. The average molecular weight is 384 g/mol. The van der Waals surface area contributed by atoms with Gasteiger partial charge in [0.25, 0.3) is 5.91 Å². The van der Waals surface area contributed by atoms with Crippen molar-refractivity contribution in [3.05, 3.63) is 84.3 Å². The maximum absolute atomic E-state index is 12.4. The van der Waals surface area contributed by atoms with Crippen LogP contribution in [-0.2, 0) is 0 Å². The number of hydrogen-bond acceptors (Lipinski definition) is 5. The van der Waals surface area contributed by atoms with Crippen molar-refractivity contribution in [2.24, 2.45) is 0 Å². The standard InChI is InChI=1S/C22H20N6O/c1-14-4-9-18(26-21(29)15-5-7-17(23)8-6-15)11-19(14)27-22-25-13-20(28-22)16-3-2-10-24-12-16/h2-13H,23H2,1H3,(H,26,29)(H2,25,27,28). The zero-order valence-electron chi connectivity index (χ0n) is 15.8. The van der Waals surface area contributed by atoms with Gasteiger partial charge in [-0.25, -0.2) is 4.98 Å². The van der Waals surface area contributed by atoms with Gasteiger partial charge in [0.1, 0.15) is 0 Å². The molecule has 4 aromatic rings. The SMILES string of the molecule is Cc1ccc(NC(=O)c2ccc(N)cc2)cc1Nc1ncc(-c2cccnc2)[nH]1. The van der Waals surface area contributed by atoms with Gasteiger partial charge in [-0.15, -0.1) is 0 Å². The number of carbonyl (C=O) groups is 1. The number of aromatic amines is 1. The quantitative estimate of drug-likeness (QED) is 0.382. The molecule has 0 bridgehead atoms. The highest BCUT2D eigenvalue weighted by Crippen LogP contribution is 2.25. The molecule has 0 atom stereocenters. The summed E-state index contributed by atoms with van der Waals surface area (Å²) in [7, 11) is 0. The Labute approximate surface area is 168 Å². The van der Waals surface area contributed by atoms with E-state index in [1.165, 1.54) is 0 Å². The number of amides is 1. The number of imidazole rings is 1. The molecule has 7 heteroatoms. The summed E-state index contributed by atoms with van der Waals surface area (Å²) in [5, 5.41) is 6.17. The molecule has 29 heavy (non-hydrogen) atoms. The number of nitrogen functional groups attached to an aromatic ring is 1. The molecule has 2 aromatic carbocycles. The highest BCUT2D eigenvalue weighted by atomic mass is 16.1. The van der Waals surface area contributed by atoms with Crippen LogP contribution in [0.4, 0.5) is 23.0 Å². The number of nitrogens with two attached hydrogens (primary N) is 1. The summed E-state index contributed by atoms with van der Waals surface area (Å²) in [6.07, 6.45) is 5.25. The van der Waals surface area contributed by atoms with Gasteiger partial charge >= 0.3 is 0 Å². The summed E-state index contributed by atoms with van der Waals surface area (Å²) in [5.41, 5.74) is 11.2. The van der Waals surface area contributed by atoms with Gasteiger partial charge in [-0.1, -0.05) is 6.07 Å². The Bertz CT molecular complexity index is 1140. The van der Waals surface area contributed by atoms with E-state index in [1.807, 2.05) is 37.3 Å². The molecule has 0 saturated heterocycles. The lowest BCUT2D eigenvalue weighted by Crippen LogP contribution is -2.12. The van der Waals surface area contributed by atoms with Crippen molar-refractivity contribution >= 4 is 28.9 Å². The lowest BCUT2D eigenvalue weighted by Gasteiger charge is -2.11. The van der Waals surface area contributed by atoms with Crippen LogP contribution in [0, 0.1) is 6.92 Å². The molecule has 1 amide bonds. The number of carbonyl (C=O) groups excluding carboxylic acids is 1. The molecule has 7 nitrogen and oxygen atoms in total. The lowest BCUT2D eigenvalue weighted by molar-refractivity contribution is 0.102. The van der Waals surface area contributed by atoms with Crippen molar-refractivity contribution in [3.63, 3.8) is 0 Å². The fourth-order valence-electron chi connectivity index (χ4n) is 2.85. The predicted octanol–water partition coefficient (Wildman–Crippen LogP) is 4.36. The molecular formula is C22H20N6O. The van der Waals surface area contributed by atoms with Crippen molar-refractivity contribution in [2.75, 3.05) is 16.4 Å². The normalized spacial score (nSPS) is 10.5. The Balaban J connectivity index is 1.51. The number of aromatic nitrogens is 3. The number of anilines is 4. The van der Waals surface area contributed by atoms with E-state index in [1.54, 1.807) is 42.9 Å². The molecule has 144 valence electrons. The number of benzene rings is 2. The first-order valence-electron chi connectivity index (χ1n) is 9.08. The molecule has 2 aromatic heterocycles. The number of pyridine rings is 1. The Morgan fingerprint density at radius 3 is 2.66 bits per heavy atom. The van der Waals surface area contributed by atoms with E-state index in [9.17, 15) is 4.79 Å². The van der Waals surface area contributed by atoms with Gasteiger partial charge in [0.05, 0.1) is 11.9 Å². The third-order valence-corrected chi connectivity index (χ3v) is 4.47. The first-order valence-corrected chi connectivity index (χ1v) is 9.08. The summed E-state index contributed by atoms with van der Waals surface area (Å²) in [6, 6.07) is 16.3. The minimum absolute atomic E-state index is 0.198. The molecule has 0 spiro atoms. The lowest BCUT2D eigenvalue weighted by atomic mass is 10.1. The molecular weight excluding hydrogens is 364 g/mol. The summed E-state index contributed by atoms with van der Waals surface area (Å²) < 4.78 is 0. The van der Waals surface area contributed by atoms with Gasteiger partial charge in [0.2, 0.25) is 5.95 Å². The number of aryl methyl sites for hydroxylation is 1. The Kier molecular flexibility index (Phi) is 4.94. The zero-order valence-corrected chi connectivity index (χ0v) is 15.8. The van der Waals surface area contributed by atoms with Crippen LogP contribution in [0.1, 0.15) is 15.9 Å². The number of nitrogens with one attached hydrogen (secondary N) is 3. The fourth-order valence-corrected chi connectivity index (χ4v) is 2.85. The van der Waals surface area contributed by atoms with Crippen LogP contribution in [0.25, 0.3) is 11.3 Å². The molecule has 0 unspecified atom stereocenters. The van der Waals surface area contributed by atoms with Crippen LogP contribution in [0.5, 0.6) is 0 Å². The monoisotopic (exact) mass is 384 g/mol. The molecule has 4 rings (SSSR count). The van der Waals surface area contributed by atoms with E-state index < -0.39 is 0 Å². The van der Waals surface area contributed by atoms with Gasteiger partial charge < -0.3 is 21.4 Å². The Morgan fingerprint density at radius 1 is 1.07 bits per heavy atom. The minimum atomic E-state index is -0.198. The number of H-pyrrole nitrogens is 1. The van der Waals surface area contributed by atoms with E-state index >= 15 is 0 Å². The highest BCUT2D eigenvalue weighted by molar-refractivity contribution is 6.04. The van der Waals surface area contributed by atoms with E-state index in [0.29, 0.717) is 22.9 Å². The summed E-state index contributed by atoms with van der Waals surface area (Å²) in [5.74, 6) is 0.408. The van der Waals surface area contributed by atoms with Crippen molar-refractivity contribution in [2.45, 2.75) is 6.92 Å². The van der Waals surface area contributed by atoms with Crippen molar-refractivity contribution < 1.29 is 4.79 Å². The van der Waals surface area contributed by atoms with Crippen LogP contribution in [-0.4, -0.2) is 20.9 Å². The van der Waals surface area contributed by atoms with Gasteiger partial charge in [0, 0.05) is 40.6 Å². The summed E-state index contributed by atoms with van der Waals surface area (Å²) in [4.78, 5) is 24.2. The van der Waals surface area contributed by atoms with E-state index in [-0.39, 0.29) is 5.91 Å². The van der Waals surface area contributed by atoms with Crippen LogP contribution >= 0.6 is 0 Å². The molecule has 5 N–H and O–H groups in total. The number of hydrogen-bond donors (Lipinski definition) is 4. The van der Waals surface area contributed by atoms with Crippen molar-refractivity contribution in [3.8, 4) is 11.3 Å². The number of rotatable bonds is 5. The average Bonchev–Trinajstić information content (AvgIpc) is 3.20. The van der Waals surface area contributed by atoms with E-state index in [4.69, 9.17) is 5.73 Å². The van der Waals surface area contributed by atoms with Crippen LogP contribution in [0.3, 0.4) is 0 Å². The first-order chi connectivity index (χ1) is 14.1. The second kappa shape index (κ2) is 7.85. The van der Waals surface area contributed by atoms with E-state index in [2.05, 4.69) is 25.6 Å². The van der Waals surface area contributed by atoms with Gasteiger partial charge in [-0.2, -0.15) is 0 Å². The molecule has 0 fully saturated rings. The topological polar surface area (TPSA) is 109 Å². The minimum Gasteiger partial charge on any atom is -0.399 e. The van der Waals surface area contributed by atoms with Gasteiger partial charge in [0.15, 0.2) is 0 Å². The maximum Gasteiger partial charge on any atom is 0.255 e. The first kappa shape index (κ1) is 18.2. The van der Waals surface area contributed by atoms with Crippen molar-refractivity contribution in [1.29, 1.82) is 0 Å². The second-order valence-corrected chi connectivity index (χ2v) is 6.62. The molecule has 0 radical (unpaired) electrons. The second-order valence-electron chi connectivity index (χ2n) is 6.62. The molecule has 0 aliphatic rings. The van der Waals surface area contributed by atoms with Crippen LogP contribution in [0.2, 0.25) is 0 Å². The van der Waals surface area contributed by atoms with Gasteiger partial charge in [-0.3, -0.25) is 9.78 Å². The fraction of sp³-hybridized carbons (Fsp3) is 0.0455. The molecule has 0 aliphatic heterocycles. The predicted molar refractivity (Wildman–Crippen MR) is 115 cm³/mol. The summed E-state index contributed by atoms with van der Waals surface area (Å²) in [6.45, 7) is 1.98. The van der Waals surface area contributed by atoms with Crippen LogP contribution in [0.15, 0.2) is 73.2 Å². The third kappa shape index (κ3) is 4.24. The van der Waals surface area contributed by atoms with E-state index in [0.717, 1.165) is 22.5 Å². The molecule has 2 heterocycles. The third-order valence-electron chi connectivity index (χ3n) is 4.47. The Morgan fingerprint density at radius 2 is 1.90 bits per heavy atom. The maximum atomic E-state index is 12.4.